The quantitative estimate of drug-likeness (QED) is 0.660. The largest absolute Gasteiger partial charge is 0.385 e. The molecule has 0 aliphatic heterocycles. The molecule has 0 saturated carbocycles. The van der Waals surface area contributed by atoms with Crippen LogP contribution < -0.4 is 5.32 Å². The Balaban J connectivity index is 2.88. The zero-order valence-corrected chi connectivity index (χ0v) is 7.65. The Hall–Kier alpha value is -1.38. The molecule has 13 heavy (non-hydrogen) atoms. The smallest absolute Gasteiger partial charge is 0.162 e. The van der Waals surface area contributed by atoms with Gasteiger partial charge in [-0.2, -0.15) is 10.4 Å². The minimum absolute atomic E-state index is 0.327. The first-order valence-corrected chi connectivity index (χ1v) is 3.95. The van der Waals surface area contributed by atoms with E-state index in [0.29, 0.717) is 17.9 Å². The van der Waals surface area contributed by atoms with Crippen LogP contribution in [0.2, 0.25) is 0 Å². The number of nitrogens with zero attached hydrogens (tertiary/aromatic N) is 3. The Kier molecular flexibility index (Phi) is 3.01. The molecule has 0 amide bonds. The van der Waals surface area contributed by atoms with Crippen LogP contribution in [0.15, 0.2) is 6.07 Å². The number of hydrogen-bond acceptors (Lipinski definition) is 4. The highest BCUT2D eigenvalue weighted by Crippen LogP contribution is 2.11. The minimum Gasteiger partial charge on any atom is -0.385 e. The molecule has 5 heteroatoms. The maximum atomic E-state index is 9.58. The third kappa shape index (κ3) is 2.05. The summed E-state index contributed by atoms with van der Waals surface area (Å²) >= 11 is 0. The van der Waals surface area contributed by atoms with E-state index in [0.717, 1.165) is 0 Å². The summed E-state index contributed by atoms with van der Waals surface area (Å²) in [6.07, 6.45) is -0.621. The zero-order chi connectivity index (χ0) is 9.84. The molecule has 0 aromatic carbocycles. The van der Waals surface area contributed by atoms with Gasteiger partial charge in [0.15, 0.2) is 5.69 Å². The summed E-state index contributed by atoms with van der Waals surface area (Å²) in [5.41, 5.74) is 0.971. The first-order valence-electron chi connectivity index (χ1n) is 3.95. The van der Waals surface area contributed by atoms with Crippen LogP contribution in [0.4, 0.5) is 0 Å². The van der Waals surface area contributed by atoms with Crippen molar-refractivity contribution >= 4 is 0 Å². The van der Waals surface area contributed by atoms with Crippen LogP contribution in [0.1, 0.15) is 17.5 Å². The Labute approximate surface area is 76.6 Å². The van der Waals surface area contributed by atoms with Gasteiger partial charge >= 0.3 is 0 Å². The van der Waals surface area contributed by atoms with E-state index in [1.165, 1.54) is 4.68 Å². The van der Waals surface area contributed by atoms with Crippen molar-refractivity contribution in [1.82, 2.24) is 15.1 Å². The first-order chi connectivity index (χ1) is 6.19. The molecule has 0 bridgehead atoms. The first kappa shape index (κ1) is 9.71. The fourth-order valence-corrected chi connectivity index (χ4v) is 1.15. The van der Waals surface area contributed by atoms with Gasteiger partial charge in [0.2, 0.25) is 0 Å². The standard InChI is InChI=1S/C8H12N4O/c1-10-5-8(13)7-3-6(4-9)11-12(7)2/h3,8,10,13H,5H2,1-2H3. The third-order valence-electron chi connectivity index (χ3n) is 1.77. The Bertz CT molecular complexity index is 325. The van der Waals surface area contributed by atoms with Gasteiger partial charge in [-0.3, -0.25) is 4.68 Å². The minimum atomic E-state index is -0.621. The third-order valence-corrected chi connectivity index (χ3v) is 1.77. The number of nitriles is 1. The van der Waals surface area contributed by atoms with Crippen molar-refractivity contribution in [3.05, 3.63) is 17.5 Å². The number of rotatable bonds is 3. The summed E-state index contributed by atoms with van der Waals surface area (Å²) in [6.45, 7) is 0.449. The van der Waals surface area contributed by atoms with Crippen molar-refractivity contribution in [2.24, 2.45) is 7.05 Å². The maximum Gasteiger partial charge on any atom is 0.162 e. The van der Waals surface area contributed by atoms with Crippen LogP contribution in [-0.2, 0) is 7.05 Å². The second-order valence-corrected chi connectivity index (χ2v) is 2.76. The van der Waals surface area contributed by atoms with E-state index in [9.17, 15) is 5.11 Å². The SMILES string of the molecule is CNCC(O)c1cc(C#N)nn1C. The van der Waals surface area contributed by atoms with Crippen molar-refractivity contribution in [2.45, 2.75) is 6.10 Å². The summed E-state index contributed by atoms with van der Waals surface area (Å²) in [7, 11) is 3.46. The van der Waals surface area contributed by atoms with Crippen LogP contribution >= 0.6 is 0 Å². The lowest BCUT2D eigenvalue weighted by Gasteiger charge is -2.08. The summed E-state index contributed by atoms with van der Waals surface area (Å²) < 4.78 is 1.51. The number of likely N-dealkylation sites (N-methyl/N-ethyl adjacent to an activating group) is 1. The fourth-order valence-electron chi connectivity index (χ4n) is 1.15. The van der Waals surface area contributed by atoms with Crippen LogP contribution in [0.25, 0.3) is 0 Å². The van der Waals surface area contributed by atoms with Gasteiger partial charge in [-0.1, -0.05) is 0 Å². The molecule has 0 spiro atoms. The highest BCUT2D eigenvalue weighted by Gasteiger charge is 2.12. The van der Waals surface area contributed by atoms with E-state index in [1.54, 1.807) is 20.2 Å². The maximum absolute atomic E-state index is 9.58. The molecule has 1 atom stereocenters. The fraction of sp³-hybridized carbons (Fsp3) is 0.500. The molecule has 1 rings (SSSR count). The number of hydrogen-bond donors (Lipinski definition) is 2. The van der Waals surface area contributed by atoms with Crippen molar-refractivity contribution < 1.29 is 5.11 Å². The molecule has 5 nitrogen and oxygen atoms in total. The van der Waals surface area contributed by atoms with Crippen molar-refractivity contribution in [3.8, 4) is 6.07 Å². The molecule has 2 N–H and O–H groups in total. The molecule has 1 heterocycles. The molecule has 0 aliphatic rings. The van der Waals surface area contributed by atoms with Gasteiger partial charge < -0.3 is 10.4 Å². The normalized spacial score (nSPS) is 12.5. The molecule has 0 radical (unpaired) electrons. The highest BCUT2D eigenvalue weighted by atomic mass is 16.3. The summed E-state index contributed by atoms with van der Waals surface area (Å²) in [5.74, 6) is 0. The Morgan fingerprint density at radius 2 is 2.54 bits per heavy atom. The van der Waals surface area contributed by atoms with E-state index >= 15 is 0 Å². The van der Waals surface area contributed by atoms with Crippen molar-refractivity contribution in [1.29, 1.82) is 5.26 Å². The predicted octanol–water partition coefficient (Wildman–Crippen LogP) is -0.455. The van der Waals surface area contributed by atoms with Gasteiger partial charge in [0.05, 0.1) is 5.69 Å². The monoisotopic (exact) mass is 180 g/mol. The second kappa shape index (κ2) is 4.03. The Morgan fingerprint density at radius 3 is 3.00 bits per heavy atom. The lowest BCUT2D eigenvalue weighted by Crippen LogP contribution is -2.18. The van der Waals surface area contributed by atoms with E-state index in [4.69, 9.17) is 5.26 Å². The molecule has 1 aromatic rings. The van der Waals surface area contributed by atoms with E-state index in [1.807, 2.05) is 6.07 Å². The van der Waals surface area contributed by atoms with Crippen molar-refractivity contribution in [3.63, 3.8) is 0 Å². The number of nitrogens with one attached hydrogen (secondary N) is 1. The highest BCUT2D eigenvalue weighted by molar-refractivity contribution is 5.23. The average molecular weight is 180 g/mol. The van der Waals surface area contributed by atoms with Gasteiger partial charge in [-0.05, 0) is 7.05 Å². The lowest BCUT2D eigenvalue weighted by molar-refractivity contribution is 0.168. The topological polar surface area (TPSA) is 73.9 Å². The zero-order valence-electron chi connectivity index (χ0n) is 7.65. The second-order valence-electron chi connectivity index (χ2n) is 2.76. The van der Waals surface area contributed by atoms with Crippen molar-refractivity contribution in [2.75, 3.05) is 13.6 Å². The van der Waals surface area contributed by atoms with Crippen LogP contribution in [0.3, 0.4) is 0 Å². The molecule has 0 fully saturated rings. The average Bonchev–Trinajstić information content (AvgIpc) is 2.47. The van der Waals surface area contributed by atoms with E-state index in [-0.39, 0.29) is 0 Å². The Morgan fingerprint density at radius 1 is 1.85 bits per heavy atom. The number of aromatic nitrogens is 2. The van der Waals surface area contributed by atoms with Gasteiger partial charge in [0.25, 0.3) is 0 Å². The van der Waals surface area contributed by atoms with Crippen LogP contribution in [-0.4, -0.2) is 28.5 Å². The predicted molar refractivity (Wildman–Crippen MR) is 46.8 cm³/mol. The molecule has 0 aliphatic carbocycles. The summed E-state index contributed by atoms with van der Waals surface area (Å²) in [4.78, 5) is 0. The van der Waals surface area contributed by atoms with Gasteiger partial charge in [-0.15, -0.1) is 0 Å². The van der Waals surface area contributed by atoms with E-state index < -0.39 is 6.10 Å². The molecule has 1 unspecified atom stereocenters. The van der Waals surface area contributed by atoms with Gasteiger partial charge in [0.1, 0.15) is 12.2 Å². The lowest BCUT2D eigenvalue weighted by atomic mass is 10.2. The summed E-state index contributed by atoms with van der Waals surface area (Å²) in [5, 5.41) is 24.9. The molecule has 70 valence electrons. The molecule has 0 saturated heterocycles. The molecule has 1 aromatic heterocycles. The molecular weight excluding hydrogens is 168 g/mol. The molecular formula is C8H12N4O. The number of aliphatic hydroxyl groups is 1. The van der Waals surface area contributed by atoms with Crippen LogP contribution in [0, 0.1) is 11.3 Å². The summed E-state index contributed by atoms with van der Waals surface area (Å²) in [6, 6.07) is 3.51. The van der Waals surface area contributed by atoms with Gasteiger partial charge in [0, 0.05) is 19.7 Å². The number of aryl methyl sites for hydroxylation is 1. The number of aliphatic hydroxyl groups excluding tert-OH is 1. The van der Waals surface area contributed by atoms with Gasteiger partial charge in [-0.25, -0.2) is 0 Å². The van der Waals surface area contributed by atoms with Crippen LogP contribution in [0.5, 0.6) is 0 Å². The van der Waals surface area contributed by atoms with E-state index in [2.05, 4.69) is 10.4 Å².